The van der Waals surface area contributed by atoms with Crippen molar-refractivity contribution >= 4 is 11.6 Å². The van der Waals surface area contributed by atoms with Gasteiger partial charge in [-0.15, -0.1) is 0 Å². The van der Waals surface area contributed by atoms with Crippen LogP contribution in [0.5, 0.6) is 0 Å². The Morgan fingerprint density at radius 2 is 2.32 bits per heavy atom. The maximum absolute atomic E-state index is 11.8. The molecule has 0 radical (unpaired) electrons. The molecule has 5 nitrogen and oxygen atoms in total. The predicted molar refractivity (Wildman–Crippen MR) is 71.6 cm³/mol. The van der Waals surface area contributed by atoms with E-state index in [4.69, 9.17) is 5.73 Å². The Morgan fingerprint density at radius 1 is 1.47 bits per heavy atom. The summed E-state index contributed by atoms with van der Waals surface area (Å²) in [4.78, 5) is 11.8. The summed E-state index contributed by atoms with van der Waals surface area (Å²) in [5.41, 5.74) is 8.10. The number of anilines is 1. The van der Waals surface area contributed by atoms with Crippen LogP contribution in [0.25, 0.3) is 0 Å². The lowest BCUT2D eigenvalue weighted by atomic mass is 10.1. The monoisotopic (exact) mass is 255 g/mol. The zero-order chi connectivity index (χ0) is 13.7. The van der Waals surface area contributed by atoms with E-state index in [1.54, 1.807) is 12.1 Å². The average molecular weight is 255 g/mol. The van der Waals surface area contributed by atoms with E-state index in [-0.39, 0.29) is 11.6 Å². The second kappa shape index (κ2) is 5.85. The third kappa shape index (κ3) is 3.21. The van der Waals surface area contributed by atoms with Crippen LogP contribution in [0.15, 0.2) is 35.1 Å². The average Bonchev–Trinajstić information content (AvgIpc) is 2.93. The highest BCUT2D eigenvalue weighted by Crippen LogP contribution is 2.15. The first kappa shape index (κ1) is 12.9. The summed E-state index contributed by atoms with van der Waals surface area (Å²) in [6.45, 7) is 2.25. The summed E-state index contributed by atoms with van der Waals surface area (Å²) < 4.78 is 4.62. The van der Waals surface area contributed by atoms with Crippen LogP contribution >= 0.6 is 0 Å². The summed E-state index contributed by atoms with van der Waals surface area (Å²) in [5.74, 6) is 5.43. The normalized spacial score (nSPS) is 9.58. The van der Waals surface area contributed by atoms with Crippen LogP contribution in [0.2, 0.25) is 0 Å². The molecule has 1 aromatic carbocycles. The van der Waals surface area contributed by atoms with Gasteiger partial charge < -0.3 is 15.6 Å². The summed E-state index contributed by atoms with van der Waals surface area (Å²) in [6, 6.07) is 6.99. The molecule has 0 bridgehead atoms. The molecule has 1 amide bonds. The zero-order valence-electron chi connectivity index (χ0n) is 10.4. The molecule has 0 saturated heterocycles. The van der Waals surface area contributed by atoms with Gasteiger partial charge in [-0.1, -0.05) is 23.1 Å². The number of nitrogens with zero attached hydrogens (tertiary/aromatic N) is 1. The van der Waals surface area contributed by atoms with Gasteiger partial charge in [0.15, 0.2) is 5.69 Å². The summed E-state index contributed by atoms with van der Waals surface area (Å²) in [5, 5.41) is 6.30. The van der Waals surface area contributed by atoms with Crippen molar-refractivity contribution in [2.45, 2.75) is 6.92 Å². The number of carbonyl (C=O) groups is 1. The van der Waals surface area contributed by atoms with E-state index in [2.05, 4.69) is 26.8 Å². The molecule has 19 heavy (non-hydrogen) atoms. The number of nitrogens with two attached hydrogens (primary N) is 1. The fraction of sp³-hybridized carbons (Fsp3) is 0.143. The number of amides is 1. The molecular formula is C14H13N3O2. The van der Waals surface area contributed by atoms with Crippen LogP contribution in [0, 0.1) is 18.8 Å². The first-order chi connectivity index (χ1) is 9.20. The Balaban J connectivity index is 2.19. The molecule has 1 aromatic heterocycles. The van der Waals surface area contributed by atoms with E-state index in [9.17, 15) is 4.79 Å². The maximum Gasteiger partial charge on any atom is 0.277 e. The second-order valence-corrected chi connectivity index (χ2v) is 3.87. The summed E-state index contributed by atoms with van der Waals surface area (Å²) in [7, 11) is 0. The number of benzene rings is 1. The number of nitrogens with one attached hydrogen (secondary N) is 1. The minimum Gasteiger partial charge on any atom is -0.364 e. The Bertz CT molecular complexity index is 636. The van der Waals surface area contributed by atoms with Gasteiger partial charge in [0.2, 0.25) is 0 Å². The third-order valence-electron chi connectivity index (χ3n) is 2.49. The first-order valence-corrected chi connectivity index (χ1v) is 5.72. The molecule has 2 rings (SSSR count). The molecule has 0 aliphatic carbocycles. The minimum atomic E-state index is -0.324. The molecule has 0 aliphatic rings. The van der Waals surface area contributed by atoms with Crippen LogP contribution in [-0.2, 0) is 0 Å². The Morgan fingerprint density at radius 3 is 3.00 bits per heavy atom. The second-order valence-electron chi connectivity index (χ2n) is 3.87. The largest absolute Gasteiger partial charge is 0.364 e. The van der Waals surface area contributed by atoms with Crippen molar-refractivity contribution in [3.05, 3.63) is 47.3 Å². The van der Waals surface area contributed by atoms with Gasteiger partial charge in [-0.05, 0) is 24.6 Å². The summed E-state index contributed by atoms with van der Waals surface area (Å²) in [6.07, 6.45) is 1.35. The Kier molecular flexibility index (Phi) is 3.96. The van der Waals surface area contributed by atoms with Crippen molar-refractivity contribution in [2.24, 2.45) is 5.73 Å². The van der Waals surface area contributed by atoms with Crippen molar-refractivity contribution in [3.8, 4) is 11.8 Å². The smallest absolute Gasteiger partial charge is 0.277 e. The van der Waals surface area contributed by atoms with Crippen LogP contribution < -0.4 is 11.1 Å². The van der Waals surface area contributed by atoms with Crippen molar-refractivity contribution in [1.82, 2.24) is 5.16 Å². The maximum atomic E-state index is 11.8. The molecule has 0 unspecified atom stereocenters. The molecule has 0 aliphatic heterocycles. The highest BCUT2D eigenvalue weighted by Gasteiger charge is 2.09. The SMILES string of the molecule is Cc1ccc(NC(=O)c2ccon2)cc1C#CCN. The van der Waals surface area contributed by atoms with E-state index >= 15 is 0 Å². The van der Waals surface area contributed by atoms with E-state index in [0.29, 0.717) is 12.2 Å². The zero-order valence-corrected chi connectivity index (χ0v) is 10.4. The molecule has 5 heteroatoms. The first-order valence-electron chi connectivity index (χ1n) is 5.72. The fourth-order valence-electron chi connectivity index (χ4n) is 1.51. The summed E-state index contributed by atoms with van der Waals surface area (Å²) >= 11 is 0. The molecule has 3 N–H and O–H groups in total. The van der Waals surface area contributed by atoms with Crippen molar-refractivity contribution in [1.29, 1.82) is 0 Å². The molecule has 0 saturated carbocycles. The highest BCUT2D eigenvalue weighted by atomic mass is 16.5. The third-order valence-corrected chi connectivity index (χ3v) is 2.49. The van der Waals surface area contributed by atoms with E-state index < -0.39 is 0 Å². The highest BCUT2D eigenvalue weighted by molar-refractivity contribution is 6.02. The van der Waals surface area contributed by atoms with Crippen molar-refractivity contribution < 1.29 is 9.32 Å². The number of aryl methyl sites for hydroxylation is 1. The van der Waals surface area contributed by atoms with Gasteiger partial charge in [-0.2, -0.15) is 0 Å². The lowest BCUT2D eigenvalue weighted by Gasteiger charge is -2.05. The predicted octanol–water partition coefficient (Wildman–Crippen LogP) is 1.55. The van der Waals surface area contributed by atoms with Crippen molar-refractivity contribution in [3.63, 3.8) is 0 Å². The number of hydrogen-bond donors (Lipinski definition) is 2. The van der Waals surface area contributed by atoms with Gasteiger partial charge in [-0.25, -0.2) is 0 Å². The van der Waals surface area contributed by atoms with Gasteiger partial charge in [0.25, 0.3) is 5.91 Å². The quantitative estimate of drug-likeness (QED) is 0.798. The van der Waals surface area contributed by atoms with E-state index in [0.717, 1.165) is 11.1 Å². The molecule has 2 aromatic rings. The van der Waals surface area contributed by atoms with Gasteiger partial charge in [0.05, 0.1) is 6.54 Å². The van der Waals surface area contributed by atoms with Crippen LogP contribution in [0.3, 0.4) is 0 Å². The Hall–Kier alpha value is -2.58. The minimum absolute atomic E-state index is 0.232. The molecule has 0 spiro atoms. The van der Waals surface area contributed by atoms with Crippen molar-refractivity contribution in [2.75, 3.05) is 11.9 Å². The standard InChI is InChI=1S/C14H13N3O2/c1-10-4-5-12(9-11(10)3-2-7-15)16-14(18)13-6-8-19-17-13/h4-6,8-9H,7,15H2,1H3,(H,16,18). The van der Waals surface area contributed by atoms with Crippen LogP contribution in [0.1, 0.15) is 21.6 Å². The molecule has 96 valence electrons. The van der Waals surface area contributed by atoms with Gasteiger partial charge in [0.1, 0.15) is 6.26 Å². The topological polar surface area (TPSA) is 81.2 Å². The van der Waals surface area contributed by atoms with E-state index in [1.807, 2.05) is 13.0 Å². The van der Waals surface area contributed by atoms with E-state index in [1.165, 1.54) is 12.3 Å². The number of hydrogen-bond acceptors (Lipinski definition) is 4. The lowest BCUT2D eigenvalue weighted by molar-refractivity contribution is 0.101. The fourth-order valence-corrected chi connectivity index (χ4v) is 1.51. The van der Waals surface area contributed by atoms with Gasteiger partial charge >= 0.3 is 0 Å². The molecule has 1 heterocycles. The van der Waals surface area contributed by atoms with Gasteiger partial charge in [0, 0.05) is 17.3 Å². The van der Waals surface area contributed by atoms with Gasteiger partial charge in [-0.3, -0.25) is 4.79 Å². The molecule has 0 fully saturated rings. The molecular weight excluding hydrogens is 242 g/mol. The lowest BCUT2D eigenvalue weighted by Crippen LogP contribution is -2.12. The Labute approximate surface area is 110 Å². The number of carbonyl (C=O) groups excluding carboxylic acids is 1. The number of aromatic nitrogens is 1. The van der Waals surface area contributed by atoms with Crippen LogP contribution in [0.4, 0.5) is 5.69 Å². The number of rotatable bonds is 2. The van der Waals surface area contributed by atoms with Crippen LogP contribution in [-0.4, -0.2) is 17.6 Å². The molecule has 0 atom stereocenters.